The largest absolute Gasteiger partial charge is 0.416 e. The summed E-state index contributed by atoms with van der Waals surface area (Å²) in [5.74, 6) is -0.120. The lowest BCUT2D eigenvalue weighted by Crippen LogP contribution is -2.46. The number of benzene rings is 2. The molecule has 38 heavy (non-hydrogen) atoms. The number of hydrogen-bond donors (Lipinski definition) is 2. The average molecular weight is 533 g/mol. The van der Waals surface area contributed by atoms with Gasteiger partial charge in [0.05, 0.1) is 12.2 Å². The van der Waals surface area contributed by atoms with Crippen molar-refractivity contribution in [3.05, 3.63) is 64.7 Å². The molecule has 1 saturated heterocycles. The van der Waals surface area contributed by atoms with Gasteiger partial charge in [-0.05, 0) is 60.8 Å². The van der Waals surface area contributed by atoms with Crippen LogP contribution in [0.5, 0.6) is 0 Å². The average Bonchev–Trinajstić information content (AvgIpc) is 3.35. The van der Waals surface area contributed by atoms with Gasteiger partial charge in [-0.1, -0.05) is 18.6 Å². The van der Waals surface area contributed by atoms with Crippen LogP contribution in [-0.4, -0.2) is 72.6 Å². The number of anilines is 1. The maximum Gasteiger partial charge on any atom is 0.416 e. The van der Waals surface area contributed by atoms with E-state index in [1.54, 1.807) is 12.1 Å². The fourth-order valence-corrected chi connectivity index (χ4v) is 5.04. The number of fused-ring (bicyclic) bond motifs is 1. The van der Waals surface area contributed by atoms with E-state index in [0.29, 0.717) is 43.9 Å². The molecule has 0 radical (unpaired) electrons. The number of rotatable bonds is 10. The lowest BCUT2D eigenvalue weighted by Gasteiger charge is -2.36. The molecule has 10 heteroatoms. The second kappa shape index (κ2) is 12.6. The number of aliphatic hydroxyl groups is 1. The van der Waals surface area contributed by atoms with Crippen molar-refractivity contribution in [3.8, 4) is 0 Å². The van der Waals surface area contributed by atoms with Crippen molar-refractivity contribution in [3.63, 3.8) is 0 Å². The van der Waals surface area contributed by atoms with Crippen molar-refractivity contribution >= 4 is 17.5 Å². The van der Waals surface area contributed by atoms with Gasteiger partial charge in [-0.15, -0.1) is 0 Å². The molecule has 0 saturated carbocycles. The Morgan fingerprint density at radius 2 is 1.68 bits per heavy atom. The van der Waals surface area contributed by atoms with E-state index in [2.05, 4.69) is 10.2 Å². The highest BCUT2D eigenvalue weighted by Crippen LogP contribution is 2.32. The van der Waals surface area contributed by atoms with Gasteiger partial charge < -0.3 is 20.2 Å². The number of nitrogens with zero attached hydrogens (tertiary/aromatic N) is 3. The van der Waals surface area contributed by atoms with Crippen LogP contribution >= 0.6 is 0 Å². The lowest BCUT2D eigenvalue weighted by molar-refractivity contribution is -0.137. The molecule has 0 unspecified atom stereocenters. The van der Waals surface area contributed by atoms with Gasteiger partial charge in [0.25, 0.3) is 5.91 Å². The second-order valence-corrected chi connectivity index (χ2v) is 9.90. The van der Waals surface area contributed by atoms with Crippen LogP contribution < -0.4 is 10.2 Å². The molecule has 2 aliphatic heterocycles. The Kier molecular flexibility index (Phi) is 9.27. The van der Waals surface area contributed by atoms with Crippen molar-refractivity contribution in [2.75, 3.05) is 50.8 Å². The fraction of sp³-hybridized carbons (Fsp3) is 0.500. The van der Waals surface area contributed by atoms with E-state index in [9.17, 15) is 22.8 Å². The van der Waals surface area contributed by atoms with Crippen molar-refractivity contribution < 1.29 is 27.9 Å². The Labute approximate surface area is 221 Å². The first-order chi connectivity index (χ1) is 18.2. The summed E-state index contributed by atoms with van der Waals surface area (Å²) in [6.45, 7) is 5.08. The monoisotopic (exact) mass is 532 g/mol. The van der Waals surface area contributed by atoms with Gasteiger partial charge in [-0.3, -0.25) is 14.5 Å². The van der Waals surface area contributed by atoms with Gasteiger partial charge in [0.15, 0.2) is 0 Å². The number of alkyl halides is 3. The Morgan fingerprint density at radius 1 is 0.921 bits per heavy atom. The zero-order valence-corrected chi connectivity index (χ0v) is 21.5. The number of carbonyl (C=O) groups is 2. The molecule has 2 heterocycles. The summed E-state index contributed by atoms with van der Waals surface area (Å²) < 4.78 is 39.0. The second-order valence-electron chi connectivity index (χ2n) is 9.90. The van der Waals surface area contributed by atoms with Crippen LogP contribution in [0.1, 0.15) is 52.7 Å². The maximum absolute atomic E-state index is 13.0. The first-order valence-electron chi connectivity index (χ1n) is 13.2. The van der Waals surface area contributed by atoms with Gasteiger partial charge in [0.1, 0.15) is 0 Å². The minimum Gasteiger partial charge on any atom is -0.395 e. The standard InChI is InChI=1S/C28H35F3N4O3/c29-28(30,31)24-5-4-6-25(18-24)34-14-12-33(13-15-34)11-3-1-2-7-26(37)35-19-22-9-8-21(17-23(22)20-35)27(38)32-10-16-36/h4-6,8-9,17-18,36H,1-3,7,10-16,19-20H2,(H,32,38). The Hall–Kier alpha value is -3.11. The number of hydrogen-bond acceptors (Lipinski definition) is 5. The molecule has 2 aliphatic rings. The van der Waals surface area contributed by atoms with E-state index in [1.165, 1.54) is 12.1 Å². The van der Waals surface area contributed by atoms with Crippen LogP contribution in [0.3, 0.4) is 0 Å². The van der Waals surface area contributed by atoms with Gasteiger partial charge >= 0.3 is 6.18 Å². The van der Waals surface area contributed by atoms with Crippen molar-refractivity contribution in [2.24, 2.45) is 0 Å². The highest BCUT2D eigenvalue weighted by molar-refractivity contribution is 5.94. The highest BCUT2D eigenvalue weighted by Gasteiger charge is 2.31. The van der Waals surface area contributed by atoms with Crippen LogP contribution in [0.25, 0.3) is 0 Å². The summed E-state index contributed by atoms with van der Waals surface area (Å²) >= 11 is 0. The number of nitrogens with one attached hydrogen (secondary N) is 1. The molecule has 0 bridgehead atoms. The smallest absolute Gasteiger partial charge is 0.395 e. The van der Waals surface area contributed by atoms with E-state index >= 15 is 0 Å². The molecule has 0 aliphatic carbocycles. The van der Waals surface area contributed by atoms with Gasteiger partial charge in [-0.25, -0.2) is 0 Å². The number of halogens is 3. The minimum atomic E-state index is -4.33. The molecule has 0 atom stereocenters. The molecular weight excluding hydrogens is 497 g/mol. The number of piperazine rings is 1. The number of unbranched alkanes of at least 4 members (excludes halogenated alkanes) is 2. The third-order valence-corrected chi connectivity index (χ3v) is 7.22. The predicted molar refractivity (Wildman–Crippen MR) is 139 cm³/mol. The third kappa shape index (κ3) is 7.26. The Morgan fingerprint density at radius 3 is 2.42 bits per heavy atom. The quantitative estimate of drug-likeness (QED) is 0.457. The van der Waals surface area contributed by atoms with Gasteiger partial charge in [0, 0.05) is 63.5 Å². The summed E-state index contributed by atoms with van der Waals surface area (Å²) in [5.41, 5.74) is 2.57. The minimum absolute atomic E-state index is 0.112. The first kappa shape index (κ1) is 27.9. The number of aliphatic hydroxyl groups excluding tert-OH is 1. The molecule has 0 spiro atoms. The molecule has 4 rings (SSSR count). The predicted octanol–water partition coefficient (Wildman–Crippen LogP) is 3.65. The van der Waals surface area contributed by atoms with Crippen molar-refractivity contribution in [2.45, 2.75) is 44.9 Å². The van der Waals surface area contributed by atoms with E-state index < -0.39 is 11.7 Å². The molecular formula is C28H35F3N4O3. The lowest BCUT2D eigenvalue weighted by atomic mass is 10.1. The fourth-order valence-electron chi connectivity index (χ4n) is 5.04. The molecule has 0 aromatic heterocycles. The Bertz CT molecular complexity index is 1120. The van der Waals surface area contributed by atoms with E-state index in [-0.39, 0.29) is 25.0 Å². The zero-order valence-electron chi connectivity index (χ0n) is 21.5. The Balaban J connectivity index is 1.13. The van der Waals surface area contributed by atoms with Crippen LogP contribution in [0.2, 0.25) is 0 Å². The molecule has 1 fully saturated rings. The first-order valence-corrected chi connectivity index (χ1v) is 13.2. The molecule has 2 aromatic rings. The summed E-state index contributed by atoms with van der Waals surface area (Å²) in [6, 6.07) is 11.0. The molecule has 206 valence electrons. The topological polar surface area (TPSA) is 76.1 Å². The number of amides is 2. The number of carbonyl (C=O) groups excluding carboxylic acids is 2. The normalized spacial score (nSPS) is 16.0. The highest BCUT2D eigenvalue weighted by atomic mass is 19.4. The van der Waals surface area contributed by atoms with E-state index in [0.717, 1.165) is 56.1 Å². The zero-order chi connectivity index (χ0) is 27.1. The van der Waals surface area contributed by atoms with E-state index in [1.807, 2.05) is 21.9 Å². The maximum atomic E-state index is 13.0. The molecule has 2 N–H and O–H groups in total. The summed E-state index contributed by atoms with van der Waals surface area (Å²) in [4.78, 5) is 31.0. The van der Waals surface area contributed by atoms with Crippen LogP contribution in [-0.2, 0) is 24.1 Å². The van der Waals surface area contributed by atoms with Gasteiger partial charge in [0.2, 0.25) is 5.91 Å². The molecule has 2 amide bonds. The van der Waals surface area contributed by atoms with Crippen LogP contribution in [0, 0.1) is 0 Å². The van der Waals surface area contributed by atoms with E-state index in [4.69, 9.17) is 5.11 Å². The summed E-state index contributed by atoms with van der Waals surface area (Å²) in [5, 5.41) is 11.5. The van der Waals surface area contributed by atoms with Gasteiger partial charge in [-0.2, -0.15) is 13.2 Å². The van der Waals surface area contributed by atoms with Crippen LogP contribution in [0.4, 0.5) is 18.9 Å². The van der Waals surface area contributed by atoms with Crippen molar-refractivity contribution in [1.82, 2.24) is 15.1 Å². The SMILES string of the molecule is O=C(NCCO)c1ccc2c(c1)CN(C(=O)CCCCCN1CCN(c3cccc(C(F)(F)F)c3)CC1)C2. The summed E-state index contributed by atoms with van der Waals surface area (Å²) in [6.07, 6.45) is -1.12. The van der Waals surface area contributed by atoms with Crippen LogP contribution in [0.15, 0.2) is 42.5 Å². The third-order valence-electron chi connectivity index (χ3n) is 7.22. The van der Waals surface area contributed by atoms with Crippen molar-refractivity contribution in [1.29, 1.82) is 0 Å². The molecule has 2 aromatic carbocycles. The summed E-state index contributed by atoms with van der Waals surface area (Å²) in [7, 11) is 0. The molecule has 7 nitrogen and oxygen atoms in total.